The first-order chi connectivity index (χ1) is 9.58. The standard InChI is InChI=1S/C16H23N3O/c1-12-10-15(20-18-12)11-17-13(2)16(19(3)4)14-8-6-5-7-9-14/h5-10,13,16-17H,11H2,1-4H3. The Morgan fingerprint density at radius 3 is 2.50 bits per heavy atom. The van der Waals surface area contributed by atoms with Gasteiger partial charge in [-0.1, -0.05) is 35.5 Å². The average molecular weight is 273 g/mol. The van der Waals surface area contributed by atoms with E-state index in [4.69, 9.17) is 4.52 Å². The van der Waals surface area contributed by atoms with Crippen molar-refractivity contribution in [3.05, 3.63) is 53.4 Å². The van der Waals surface area contributed by atoms with Gasteiger partial charge in [0.15, 0.2) is 5.76 Å². The number of aryl methyl sites for hydroxylation is 1. The van der Waals surface area contributed by atoms with Crippen molar-refractivity contribution in [2.75, 3.05) is 14.1 Å². The summed E-state index contributed by atoms with van der Waals surface area (Å²) in [4.78, 5) is 2.23. The molecule has 1 aromatic heterocycles. The van der Waals surface area contributed by atoms with Crippen LogP contribution in [0.25, 0.3) is 0 Å². The van der Waals surface area contributed by atoms with Crippen LogP contribution in [-0.4, -0.2) is 30.2 Å². The van der Waals surface area contributed by atoms with Gasteiger partial charge >= 0.3 is 0 Å². The Morgan fingerprint density at radius 2 is 1.95 bits per heavy atom. The number of likely N-dealkylation sites (N-methyl/N-ethyl adjacent to an activating group) is 1. The molecule has 0 bridgehead atoms. The lowest BCUT2D eigenvalue weighted by Gasteiger charge is -2.31. The Morgan fingerprint density at radius 1 is 1.25 bits per heavy atom. The number of nitrogens with one attached hydrogen (secondary N) is 1. The monoisotopic (exact) mass is 273 g/mol. The largest absolute Gasteiger partial charge is 0.360 e. The lowest BCUT2D eigenvalue weighted by atomic mass is 9.99. The van der Waals surface area contributed by atoms with Crippen LogP contribution in [0.5, 0.6) is 0 Å². The van der Waals surface area contributed by atoms with E-state index in [0.717, 1.165) is 11.5 Å². The van der Waals surface area contributed by atoms with Gasteiger partial charge in [-0.25, -0.2) is 0 Å². The van der Waals surface area contributed by atoms with Crippen molar-refractivity contribution in [3.63, 3.8) is 0 Å². The van der Waals surface area contributed by atoms with Crippen LogP contribution in [0, 0.1) is 6.92 Å². The van der Waals surface area contributed by atoms with Crippen molar-refractivity contribution >= 4 is 0 Å². The molecule has 0 radical (unpaired) electrons. The Bertz CT molecular complexity index is 522. The zero-order chi connectivity index (χ0) is 14.5. The maximum absolute atomic E-state index is 5.23. The first-order valence-corrected chi connectivity index (χ1v) is 6.95. The van der Waals surface area contributed by atoms with Crippen molar-refractivity contribution in [1.82, 2.24) is 15.4 Å². The van der Waals surface area contributed by atoms with Crippen LogP contribution >= 0.6 is 0 Å². The van der Waals surface area contributed by atoms with Crippen molar-refractivity contribution in [2.24, 2.45) is 0 Å². The predicted molar refractivity (Wildman–Crippen MR) is 80.4 cm³/mol. The maximum atomic E-state index is 5.23. The SMILES string of the molecule is Cc1cc(CNC(C)C(c2ccccc2)N(C)C)on1. The van der Waals surface area contributed by atoms with E-state index >= 15 is 0 Å². The number of aromatic nitrogens is 1. The fourth-order valence-electron chi connectivity index (χ4n) is 2.56. The first-order valence-electron chi connectivity index (χ1n) is 6.95. The number of nitrogens with zero attached hydrogens (tertiary/aromatic N) is 2. The fourth-order valence-corrected chi connectivity index (χ4v) is 2.56. The van der Waals surface area contributed by atoms with E-state index in [9.17, 15) is 0 Å². The van der Waals surface area contributed by atoms with Gasteiger partial charge < -0.3 is 14.7 Å². The van der Waals surface area contributed by atoms with Crippen LogP contribution in [0.4, 0.5) is 0 Å². The minimum atomic E-state index is 0.304. The summed E-state index contributed by atoms with van der Waals surface area (Å²) < 4.78 is 5.23. The molecule has 2 rings (SSSR count). The molecule has 0 fully saturated rings. The number of rotatable bonds is 6. The van der Waals surface area contributed by atoms with E-state index in [0.29, 0.717) is 18.6 Å². The third-order valence-electron chi connectivity index (χ3n) is 3.45. The van der Waals surface area contributed by atoms with Crippen LogP contribution in [0.2, 0.25) is 0 Å². The predicted octanol–water partition coefficient (Wildman–Crippen LogP) is 2.76. The molecule has 108 valence electrons. The van der Waals surface area contributed by atoms with Crippen molar-refractivity contribution in [2.45, 2.75) is 32.5 Å². The zero-order valence-electron chi connectivity index (χ0n) is 12.6. The molecule has 0 saturated heterocycles. The van der Waals surface area contributed by atoms with Crippen molar-refractivity contribution in [1.29, 1.82) is 0 Å². The molecule has 0 aliphatic carbocycles. The Hall–Kier alpha value is -1.65. The summed E-state index contributed by atoms with van der Waals surface area (Å²) >= 11 is 0. The third kappa shape index (κ3) is 3.68. The molecule has 1 aromatic carbocycles. The van der Waals surface area contributed by atoms with Gasteiger partial charge in [0.25, 0.3) is 0 Å². The van der Waals surface area contributed by atoms with Gasteiger partial charge in [-0.15, -0.1) is 0 Å². The highest BCUT2D eigenvalue weighted by Crippen LogP contribution is 2.22. The highest BCUT2D eigenvalue weighted by molar-refractivity contribution is 5.20. The van der Waals surface area contributed by atoms with Gasteiger partial charge in [-0.2, -0.15) is 0 Å². The third-order valence-corrected chi connectivity index (χ3v) is 3.45. The highest BCUT2D eigenvalue weighted by atomic mass is 16.5. The number of hydrogen-bond donors (Lipinski definition) is 1. The molecule has 4 heteroatoms. The van der Waals surface area contributed by atoms with Crippen LogP contribution in [-0.2, 0) is 6.54 Å². The number of benzene rings is 1. The van der Waals surface area contributed by atoms with Crippen LogP contribution in [0.15, 0.2) is 40.9 Å². The quantitative estimate of drug-likeness (QED) is 0.878. The molecule has 0 aliphatic rings. The molecule has 2 unspecified atom stereocenters. The summed E-state index contributed by atoms with van der Waals surface area (Å²) in [5.41, 5.74) is 2.23. The minimum absolute atomic E-state index is 0.304. The molecule has 0 spiro atoms. The Kier molecular flexibility index (Phi) is 4.93. The van der Waals surface area contributed by atoms with E-state index in [1.807, 2.05) is 19.1 Å². The summed E-state index contributed by atoms with van der Waals surface area (Å²) in [7, 11) is 4.21. The molecule has 0 amide bonds. The van der Waals surface area contributed by atoms with Gasteiger partial charge in [-0.3, -0.25) is 0 Å². The second-order valence-electron chi connectivity index (χ2n) is 5.42. The summed E-state index contributed by atoms with van der Waals surface area (Å²) in [5, 5.41) is 7.42. The van der Waals surface area contributed by atoms with E-state index in [1.165, 1.54) is 5.56 Å². The highest BCUT2D eigenvalue weighted by Gasteiger charge is 2.21. The van der Waals surface area contributed by atoms with Crippen LogP contribution in [0.1, 0.15) is 30.0 Å². The van der Waals surface area contributed by atoms with Crippen LogP contribution in [0.3, 0.4) is 0 Å². The Balaban J connectivity index is 2.02. The molecular weight excluding hydrogens is 250 g/mol. The fraction of sp³-hybridized carbons (Fsp3) is 0.438. The molecule has 1 heterocycles. The Labute approximate surface area is 120 Å². The van der Waals surface area contributed by atoms with E-state index in [2.05, 4.69) is 60.7 Å². The summed E-state index contributed by atoms with van der Waals surface area (Å²) in [5.74, 6) is 0.875. The molecule has 2 atom stereocenters. The second kappa shape index (κ2) is 6.68. The topological polar surface area (TPSA) is 41.3 Å². The summed E-state index contributed by atoms with van der Waals surface area (Å²) in [6.45, 7) is 4.82. The zero-order valence-corrected chi connectivity index (χ0v) is 12.6. The van der Waals surface area contributed by atoms with Gasteiger partial charge in [0.1, 0.15) is 0 Å². The van der Waals surface area contributed by atoms with Gasteiger partial charge in [0, 0.05) is 18.2 Å². The molecule has 2 aromatic rings. The summed E-state index contributed by atoms with van der Waals surface area (Å²) in [6.07, 6.45) is 0. The first kappa shape index (κ1) is 14.8. The molecular formula is C16H23N3O. The minimum Gasteiger partial charge on any atom is -0.360 e. The smallest absolute Gasteiger partial charge is 0.150 e. The van der Waals surface area contributed by atoms with Crippen LogP contribution < -0.4 is 5.32 Å². The van der Waals surface area contributed by atoms with E-state index < -0.39 is 0 Å². The van der Waals surface area contributed by atoms with Gasteiger partial charge in [0.2, 0.25) is 0 Å². The normalized spacial score (nSPS) is 14.4. The van der Waals surface area contributed by atoms with E-state index in [-0.39, 0.29) is 0 Å². The molecule has 1 N–H and O–H groups in total. The maximum Gasteiger partial charge on any atom is 0.150 e. The van der Waals surface area contributed by atoms with Crippen molar-refractivity contribution in [3.8, 4) is 0 Å². The average Bonchev–Trinajstić information content (AvgIpc) is 2.83. The molecule has 4 nitrogen and oxygen atoms in total. The van der Waals surface area contributed by atoms with E-state index in [1.54, 1.807) is 0 Å². The van der Waals surface area contributed by atoms with Gasteiger partial charge in [-0.05, 0) is 33.5 Å². The lowest BCUT2D eigenvalue weighted by Crippen LogP contribution is -2.38. The lowest BCUT2D eigenvalue weighted by molar-refractivity contribution is 0.234. The second-order valence-corrected chi connectivity index (χ2v) is 5.42. The molecule has 0 saturated carbocycles. The molecule has 0 aliphatic heterocycles. The number of hydrogen-bond acceptors (Lipinski definition) is 4. The molecule has 20 heavy (non-hydrogen) atoms. The van der Waals surface area contributed by atoms with Gasteiger partial charge in [0.05, 0.1) is 12.2 Å². The summed E-state index contributed by atoms with van der Waals surface area (Å²) in [6, 6.07) is 13.1. The van der Waals surface area contributed by atoms with Crippen molar-refractivity contribution < 1.29 is 4.52 Å².